The number of nitrogens with zero attached hydrogens (tertiary/aromatic N) is 3. The van der Waals surface area contributed by atoms with Crippen LogP contribution in [-0.2, 0) is 17.9 Å². The van der Waals surface area contributed by atoms with Crippen molar-refractivity contribution in [3.63, 3.8) is 0 Å². The number of carbonyl (C=O) groups excluding carboxylic acids is 1. The minimum atomic E-state index is -0.490. The number of pyridine rings is 1. The van der Waals surface area contributed by atoms with Crippen LogP contribution in [0.2, 0.25) is 0 Å². The van der Waals surface area contributed by atoms with Gasteiger partial charge in [0.15, 0.2) is 0 Å². The zero-order chi connectivity index (χ0) is 20.5. The van der Waals surface area contributed by atoms with E-state index in [1.807, 2.05) is 12.1 Å². The normalized spacial score (nSPS) is 10.6. The molecular formula is C22H16N4O3. The Labute approximate surface area is 167 Å². The van der Waals surface area contributed by atoms with Gasteiger partial charge < -0.3 is 14.5 Å². The average Bonchev–Trinajstić information content (AvgIpc) is 3.23. The second-order valence-electron chi connectivity index (χ2n) is 5.94. The van der Waals surface area contributed by atoms with E-state index in [2.05, 4.69) is 10.3 Å². The Hall–Kier alpha value is -4.36. The quantitative estimate of drug-likeness (QED) is 0.494. The summed E-state index contributed by atoms with van der Waals surface area (Å²) in [6.45, 7) is 0.470. The van der Waals surface area contributed by atoms with Crippen LogP contribution in [0.1, 0.15) is 22.6 Å². The molecular weight excluding hydrogens is 368 g/mol. The van der Waals surface area contributed by atoms with E-state index in [1.165, 1.54) is 6.08 Å². The standard InChI is InChI=1S/C22H16N4O3/c23-12-16-1-3-19(4-2-16)28-15-21-6-5-20(29-21)11-18(13-24)22(27)26-14-17-7-9-25-10-8-17/h1-11H,14-15H2,(H,26,27)/b18-11-. The summed E-state index contributed by atoms with van der Waals surface area (Å²) < 4.78 is 11.2. The zero-order valence-corrected chi connectivity index (χ0v) is 15.3. The number of benzene rings is 1. The first-order chi connectivity index (χ1) is 14.2. The van der Waals surface area contributed by atoms with Crippen LogP contribution in [0.25, 0.3) is 6.08 Å². The molecule has 0 atom stereocenters. The molecule has 0 spiro atoms. The number of ether oxygens (including phenoxy) is 1. The molecule has 0 fully saturated rings. The van der Waals surface area contributed by atoms with Crippen molar-refractivity contribution in [3.8, 4) is 17.9 Å². The lowest BCUT2D eigenvalue weighted by Gasteiger charge is -2.04. The summed E-state index contributed by atoms with van der Waals surface area (Å²) in [5.74, 6) is 1.02. The molecule has 0 radical (unpaired) electrons. The SMILES string of the molecule is N#C/C(=C/c1ccc(COc2ccc(C#N)cc2)o1)C(=O)NCc1ccncc1. The van der Waals surface area contributed by atoms with Crippen molar-refractivity contribution in [2.75, 3.05) is 0 Å². The highest BCUT2D eigenvalue weighted by Gasteiger charge is 2.10. The number of hydrogen-bond donors (Lipinski definition) is 1. The molecule has 3 rings (SSSR count). The molecule has 0 bridgehead atoms. The van der Waals surface area contributed by atoms with Gasteiger partial charge in [-0.05, 0) is 54.1 Å². The third kappa shape index (κ3) is 5.56. The number of furan rings is 1. The van der Waals surface area contributed by atoms with Crippen LogP contribution in [0.5, 0.6) is 5.75 Å². The molecule has 0 aliphatic rings. The summed E-state index contributed by atoms with van der Waals surface area (Å²) in [6.07, 6.45) is 4.65. The number of nitrogens with one attached hydrogen (secondary N) is 1. The van der Waals surface area contributed by atoms with Gasteiger partial charge in [0, 0.05) is 25.0 Å². The first kappa shape index (κ1) is 19.4. The van der Waals surface area contributed by atoms with Crippen LogP contribution in [0.3, 0.4) is 0 Å². The molecule has 0 unspecified atom stereocenters. The Morgan fingerprint density at radius 1 is 1.10 bits per heavy atom. The Morgan fingerprint density at radius 2 is 1.86 bits per heavy atom. The molecule has 0 aliphatic heterocycles. The lowest BCUT2D eigenvalue weighted by molar-refractivity contribution is -0.117. The summed E-state index contributed by atoms with van der Waals surface area (Å²) in [4.78, 5) is 16.1. The molecule has 1 aromatic carbocycles. The third-order valence-corrected chi connectivity index (χ3v) is 3.90. The van der Waals surface area contributed by atoms with Gasteiger partial charge in [-0.3, -0.25) is 9.78 Å². The third-order valence-electron chi connectivity index (χ3n) is 3.90. The molecule has 0 saturated carbocycles. The molecule has 2 heterocycles. The largest absolute Gasteiger partial charge is 0.486 e. The highest BCUT2D eigenvalue weighted by atomic mass is 16.5. The fourth-order valence-electron chi connectivity index (χ4n) is 2.40. The number of hydrogen-bond acceptors (Lipinski definition) is 6. The molecule has 3 aromatic rings. The maximum atomic E-state index is 12.2. The van der Waals surface area contributed by atoms with Crippen molar-refractivity contribution in [1.82, 2.24) is 10.3 Å². The molecule has 1 amide bonds. The maximum absolute atomic E-state index is 12.2. The molecule has 7 nitrogen and oxygen atoms in total. The lowest BCUT2D eigenvalue weighted by atomic mass is 10.2. The number of nitriles is 2. The summed E-state index contributed by atoms with van der Waals surface area (Å²) in [5, 5.41) is 20.8. The smallest absolute Gasteiger partial charge is 0.262 e. The second-order valence-corrected chi connectivity index (χ2v) is 5.94. The van der Waals surface area contributed by atoms with Gasteiger partial charge in [-0.2, -0.15) is 10.5 Å². The number of rotatable bonds is 7. The molecule has 1 N–H and O–H groups in total. The van der Waals surface area contributed by atoms with Crippen LogP contribution < -0.4 is 10.1 Å². The minimum Gasteiger partial charge on any atom is -0.486 e. The van der Waals surface area contributed by atoms with E-state index in [1.54, 1.807) is 60.9 Å². The minimum absolute atomic E-state index is 0.0621. The van der Waals surface area contributed by atoms with Crippen molar-refractivity contribution >= 4 is 12.0 Å². The average molecular weight is 384 g/mol. The molecule has 2 aromatic heterocycles. The van der Waals surface area contributed by atoms with Gasteiger partial charge >= 0.3 is 0 Å². The van der Waals surface area contributed by atoms with Crippen LogP contribution in [0.4, 0.5) is 0 Å². The fourth-order valence-corrected chi connectivity index (χ4v) is 2.40. The van der Waals surface area contributed by atoms with Crippen LogP contribution in [0.15, 0.2) is 70.9 Å². The van der Waals surface area contributed by atoms with E-state index < -0.39 is 5.91 Å². The van der Waals surface area contributed by atoms with Gasteiger partial charge in [0.1, 0.15) is 35.5 Å². The molecule has 7 heteroatoms. The van der Waals surface area contributed by atoms with Crippen molar-refractivity contribution in [3.05, 3.63) is 89.1 Å². The maximum Gasteiger partial charge on any atom is 0.262 e. The fraction of sp³-hybridized carbons (Fsp3) is 0.0909. The van der Waals surface area contributed by atoms with E-state index in [-0.39, 0.29) is 12.2 Å². The van der Waals surface area contributed by atoms with Gasteiger partial charge in [-0.25, -0.2) is 0 Å². The first-order valence-corrected chi connectivity index (χ1v) is 8.68. The highest BCUT2D eigenvalue weighted by molar-refractivity contribution is 6.01. The molecule has 29 heavy (non-hydrogen) atoms. The Balaban J connectivity index is 1.58. The highest BCUT2D eigenvalue weighted by Crippen LogP contribution is 2.17. The van der Waals surface area contributed by atoms with E-state index in [4.69, 9.17) is 14.4 Å². The summed E-state index contributed by atoms with van der Waals surface area (Å²) in [5.41, 5.74) is 1.37. The Kier molecular flexibility index (Phi) is 6.38. The van der Waals surface area contributed by atoms with Crippen molar-refractivity contribution in [2.24, 2.45) is 0 Å². The summed E-state index contributed by atoms with van der Waals surface area (Å²) in [7, 11) is 0. The van der Waals surface area contributed by atoms with Crippen LogP contribution >= 0.6 is 0 Å². The topological polar surface area (TPSA) is 112 Å². The predicted octanol–water partition coefficient (Wildman–Crippen LogP) is 3.35. The van der Waals surface area contributed by atoms with Gasteiger partial charge in [0.25, 0.3) is 5.91 Å². The summed E-state index contributed by atoms with van der Waals surface area (Å²) in [6, 6.07) is 17.6. The number of carbonyl (C=O) groups is 1. The van der Waals surface area contributed by atoms with Crippen molar-refractivity contribution < 1.29 is 13.9 Å². The van der Waals surface area contributed by atoms with Crippen molar-refractivity contribution in [1.29, 1.82) is 10.5 Å². The molecule has 142 valence electrons. The number of aromatic nitrogens is 1. The van der Waals surface area contributed by atoms with Gasteiger partial charge in [0.05, 0.1) is 11.6 Å². The van der Waals surface area contributed by atoms with Gasteiger partial charge in [-0.15, -0.1) is 0 Å². The molecule has 0 saturated heterocycles. The second kappa shape index (κ2) is 9.54. The van der Waals surface area contributed by atoms with Crippen molar-refractivity contribution in [2.45, 2.75) is 13.2 Å². The van der Waals surface area contributed by atoms with Gasteiger partial charge in [0.2, 0.25) is 0 Å². The van der Waals surface area contributed by atoms with E-state index >= 15 is 0 Å². The van der Waals surface area contributed by atoms with Crippen LogP contribution in [-0.4, -0.2) is 10.9 Å². The number of amides is 1. The Bertz CT molecular complexity index is 1090. The van der Waals surface area contributed by atoms with E-state index in [9.17, 15) is 10.1 Å². The van der Waals surface area contributed by atoms with Crippen LogP contribution in [0, 0.1) is 22.7 Å². The Morgan fingerprint density at radius 3 is 2.55 bits per heavy atom. The van der Waals surface area contributed by atoms with E-state index in [0.29, 0.717) is 29.4 Å². The predicted molar refractivity (Wildman–Crippen MR) is 104 cm³/mol. The first-order valence-electron chi connectivity index (χ1n) is 8.68. The van der Waals surface area contributed by atoms with E-state index in [0.717, 1.165) is 5.56 Å². The summed E-state index contributed by atoms with van der Waals surface area (Å²) >= 11 is 0. The molecule has 0 aliphatic carbocycles. The van der Waals surface area contributed by atoms with Gasteiger partial charge in [-0.1, -0.05) is 0 Å². The monoisotopic (exact) mass is 384 g/mol. The lowest BCUT2D eigenvalue weighted by Crippen LogP contribution is -2.23. The zero-order valence-electron chi connectivity index (χ0n) is 15.3.